The largest absolute Gasteiger partial charge is 0.243 e. The molecule has 1 heterocycles. The minimum absolute atomic E-state index is 0.702. The van der Waals surface area contributed by atoms with Gasteiger partial charge in [0.2, 0.25) is 0 Å². The van der Waals surface area contributed by atoms with Crippen LogP contribution in [0, 0.1) is 6.07 Å². The molecule has 2 rings (SSSR count). The number of benzene rings is 1. The fraction of sp³-hybridized carbons (Fsp3) is 0.125. The summed E-state index contributed by atoms with van der Waals surface area (Å²) in [5.74, 6) is 0.762. The second-order valence-corrected chi connectivity index (χ2v) is 2.41. The molecule has 1 aromatic heterocycles. The van der Waals surface area contributed by atoms with E-state index >= 15 is 0 Å². The van der Waals surface area contributed by atoms with Gasteiger partial charge in [-0.25, -0.2) is 5.10 Å². The highest BCUT2D eigenvalue weighted by Gasteiger charge is 1.97. The number of hydrogen-bond donors (Lipinski definition) is 1. The first-order valence-corrected chi connectivity index (χ1v) is 3.63. The highest BCUT2D eigenvalue weighted by atomic mass is 15.5. The molecule has 1 aromatic carbocycles. The Morgan fingerprint density at radius 1 is 1.42 bits per heavy atom. The van der Waals surface area contributed by atoms with E-state index < -0.39 is 0 Å². The lowest BCUT2D eigenvalue weighted by Crippen LogP contribution is -1.90. The molecular formula is C8H7N4. The lowest BCUT2D eigenvalue weighted by atomic mass is 10.1. The third kappa shape index (κ3) is 1.47. The smallest absolute Gasteiger partial charge is 0.152 e. The molecule has 0 spiro atoms. The maximum absolute atomic E-state index is 3.77. The van der Waals surface area contributed by atoms with Gasteiger partial charge in [0.1, 0.15) is 0 Å². The molecule has 4 nitrogen and oxygen atoms in total. The van der Waals surface area contributed by atoms with Crippen LogP contribution in [0.25, 0.3) is 0 Å². The van der Waals surface area contributed by atoms with Gasteiger partial charge in [0.25, 0.3) is 0 Å². The van der Waals surface area contributed by atoms with Gasteiger partial charge in [-0.3, -0.25) is 0 Å². The van der Waals surface area contributed by atoms with E-state index in [1.54, 1.807) is 0 Å². The van der Waals surface area contributed by atoms with Gasteiger partial charge < -0.3 is 0 Å². The summed E-state index contributed by atoms with van der Waals surface area (Å²) >= 11 is 0. The summed E-state index contributed by atoms with van der Waals surface area (Å²) in [6.45, 7) is 0. The Labute approximate surface area is 69.6 Å². The minimum atomic E-state index is 0.702. The minimum Gasteiger partial charge on any atom is -0.243 e. The van der Waals surface area contributed by atoms with E-state index in [0.717, 1.165) is 11.4 Å². The van der Waals surface area contributed by atoms with Crippen molar-refractivity contribution in [3.8, 4) is 0 Å². The quantitative estimate of drug-likeness (QED) is 0.697. The number of nitrogens with zero attached hydrogens (tertiary/aromatic N) is 3. The monoisotopic (exact) mass is 159 g/mol. The maximum atomic E-state index is 3.77. The summed E-state index contributed by atoms with van der Waals surface area (Å²) in [4.78, 5) is 0. The van der Waals surface area contributed by atoms with Crippen LogP contribution in [0.1, 0.15) is 11.4 Å². The van der Waals surface area contributed by atoms with Gasteiger partial charge in [-0.1, -0.05) is 24.3 Å². The fourth-order valence-corrected chi connectivity index (χ4v) is 0.975. The van der Waals surface area contributed by atoms with Gasteiger partial charge in [-0.2, -0.15) is 0 Å². The summed E-state index contributed by atoms with van der Waals surface area (Å²) in [7, 11) is 0. The molecule has 0 amide bonds. The number of H-pyrrole nitrogens is 1. The predicted octanol–water partition coefficient (Wildman–Crippen LogP) is 0.591. The van der Waals surface area contributed by atoms with Crippen molar-refractivity contribution >= 4 is 0 Å². The van der Waals surface area contributed by atoms with E-state index in [0.29, 0.717) is 6.42 Å². The van der Waals surface area contributed by atoms with Gasteiger partial charge in [0.05, 0.1) is 0 Å². The zero-order valence-corrected chi connectivity index (χ0v) is 6.36. The summed E-state index contributed by atoms with van der Waals surface area (Å²) in [5.41, 5.74) is 1.08. The van der Waals surface area contributed by atoms with Crippen molar-refractivity contribution in [1.82, 2.24) is 20.6 Å². The number of aromatic nitrogens is 4. The second-order valence-electron chi connectivity index (χ2n) is 2.41. The van der Waals surface area contributed by atoms with Gasteiger partial charge in [0.15, 0.2) is 5.82 Å². The van der Waals surface area contributed by atoms with Crippen LogP contribution in [0.15, 0.2) is 24.3 Å². The van der Waals surface area contributed by atoms with E-state index in [4.69, 9.17) is 0 Å². The van der Waals surface area contributed by atoms with Crippen LogP contribution in [0.5, 0.6) is 0 Å². The topological polar surface area (TPSA) is 54.5 Å². The molecule has 0 unspecified atom stereocenters. The lowest BCUT2D eigenvalue weighted by Gasteiger charge is -1.93. The number of aromatic amines is 1. The van der Waals surface area contributed by atoms with E-state index in [-0.39, 0.29) is 0 Å². The SMILES string of the molecule is [c]1ccccc1Cc1nnn[nH]1. The van der Waals surface area contributed by atoms with Crippen molar-refractivity contribution in [1.29, 1.82) is 0 Å². The van der Waals surface area contributed by atoms with Crippen molar-refractivity contribution in [3.63, 3.8) is 0 Å². The number of tetrazole rings is 1. The molecule has 0 aliphatic carbocycles. The summed E-state index contributed by atoms with van der Waals surface area (Å²) in [6.07, 6.45) is 0.702. The third-order valence-electron chi connectivity index (χ3n) is 1.52. The fourth-order valence-electron chi connectivity index (χ4n) is 0.975. The number of nitrogens with one attached hydrogen (secondary N) is 1. The Morgan fingerprint density at radius 2 is 2.42 bits per heavy atom. The molecule has 0 saturated heterocycles. The van der Waals surface area contributed by atoms with Crippen molar-refractivity contribution in [2.24, 2.45) is 0 Å². The normalized spacial score (nSPS) is 10.0. The summed E-state index contributed by atoms with van der Waals surface area (Å²) in [5, 5.41) is 13.4. The summed E-state index contributed by atoms with van der Waals surface area (Å²) < 4.78 is 0. The first-order chi connectivity index (χ1) is 5.95. The van der Waals surface area contributed by atoms with Crippen LogP contribution < -0.4 is 0 Å². The molecule has 12 heavy (non-hydrogen) atoms. The van der Waals surface area contributed by atoms with Crippen molar-refractivity contribution < 1.29 is 0 Å². The Morgan fingerprint density at radius 3 is 3.08 bits per heavy atom. The van der Waals surface area contributed by atoms with Gasteiger partial charge in [0, 0.05) is 6.42 Å². The van der Waals surface area contributed by atoms with Crippen molar-refractivity contribution in [3.05, 3.63) is 41.7 Å². The molecule has 1 N–H and O–H groups in total. The Hall–Kier alpha value is -1.71. The van der Waals surface area contributed by atoms with E-state index in [1.807, 2.05) is 24.3 Å². The lowest BCUT2D eigenvalue weighted by molar-refractivity contribution is 0.881. The number of rotatable bonds is 2. The predicted molar refractivity (Wildman–Crippen MR) is 42.3 cm³/mol. The molecule has 0 atom stereocenters. The van der Waals surface area contributed by atoms with Gasteiger partial charge in [-0.15, -0.1) is 5.10 Å². The second kappa shape index (κ2) is 3.13. The van der Waals surface area contributed by atoms with Crippen LogP contribution in [0.3, 0.4) is 0 Å². The third-order valence-corrected chi connectivity index (χ3v) is 1.52. The zero-order chi connectivity index (χ0) is 8.23. The van der Waals surface area contributed by atoms with E-state index in [1.165, 1.54) is 0 Å². The molecule has 59 valence electrons. The summed E-state index contributed by atoms with van der Waals surface area (Å²) in [6, 6.07) is 10.9. The molecule has 2 aromatic rings. The zero-order valence-electron chi connectivity index (χ0n) is 6.36. The van der Waals surface area contributed by atoms with Gasteiger partial charge >= 0.3 is 0 Å². The first-order valence-electron chi connectivity index (χ1n) is 3.63. The van der Waals surface area contributed by atoms with Gasteiger partial charge in [-0.05, 0) is 22.1 Å². The van der Waals surface area contributed by atoms with E-state index in [2.05, 4.69) is 26.7 Å². The van der Waals surface area contributed by atoms with Crippen molar-refractivity contribution in [2.75, 3.05) is 0 Å². The molecule has 0 aliphatic rings. The molecular weight excluding hydrogens is 152 g/mol. The first kappa shape index (κ1) is 6.97. The molecule has 4 heteroatoms. The molecule has 1 radical (unpaired) electrons. The highest BCUT2D eigenvalue weighted by molar-refractivity contribution is 5.16. The van der Waals surface area contributed by atoms with Crippen LogP contribution in [0.4, 0.5) is 0 Å². The molecule has 0 aliphatic heterocycles. The van der Waals surface area contributed by atoms with Crippen LogP contribution in [0.2, 0.25) is 0 Å². The van der Waals surface area contributed by atoms with Crippen molar-refractivity contribution in [2.45, 2.75) is 6.42 Å². The average Bonchev–Trinajstić information content (AvgIpc) is 2.59. The highest BCUT2D eigenvalue weighted by Crippen LogP contribution is 2.01. The number of hydrogen-bond acceptors (Lipinski definition) is 3. The Bertz CT molecular complexity index is 327. The standard InChI is InChI=1S/C8H7N4/c1-2-4-7(5-3-1)6-8-9-11-12-10-8/h1-4H,6H2,(H,9,10,11,12). The Kier molecular flexibility index (Phi) is 1.82. The average molecular weight is 159 g/mol. The van der Waals surface area contributed by atoms with Crippen LogP contribution in [-0.4, -0.2) is 20.6 Å². The van der Waals surface area contributed by atoms with E-state index in [9.17, 15) is 0 Å². The molecule has 0 saturated carbocycles. The molecule has 0 fully saturated rings. The van der Waals surface area contributed by atoms with Crippen LogP contribution in [-0.2, 0) is 6.42 Å². The molecule has 0 bridgehead atoms. The maximum Gasteiger partial charge on any atom is 0.152 e. The van der Waals surface area contributed by atoms with Crippen LogP contribution >= 0.6 is 0 Å². The Balaban J connectivity index is 2.15.